The van der Waals surface area contributed by atoms with Gasteiger partial charge in [-0.25, -0.2) is 0 Å². The fourth-order valence-corrected chi connectivity index (χ4v) is 1.46. The molecule has 0 spiro atoms. The van der Waals surface area contributed by atoms with Crippen molar-refractivity contribution in [3.8, 4) is 5.75 Å². The van der Waals surface area contributed by atoms with E-state index in [0.29, 0.717) is 12.2 Å². The second kappa shape index (κ2) is 7.01. The molecular weight excluding hydrogens is 230 g/mol. The van der Waals surface area contributed by atoms with Crippen molar-refractivity contribution in [1.82, 2.24) is 5.32 Å². The highest BCUT2D eigenvalue weighted by atomic mass is 16.5. The molecule has 4 heteroatoms. The zero-order valence-corrected chi connectivity index (χ0v) is 11.1. The maximum atomic E-state index is 11.9. The van der Waals surface area contributed by atoms with E-state index < -0.39 is 0 Å². The predicted octanol–water partition coefficient (Wildman–Crippen LogP) is 1.83. The highest BCUT2D eigenvalue weighted by Gasteiger charge is 2.14. The van der Waals surface area contributed by atoms with Gasteiger partial charge in [0, 0.05) is 18.2 Å². The van der Waals surface area contributed by atoms with E-state index in [9.17, 15) is 4.79 Å². The largest absolute Gasteiger partial charge is 0.494 e. The smallest absolute Gasteiger partial charge is 0.251 e. The van der Waals surface area contributed by atoms with Gasteiger partial charge in [-0.2, -0.15) is 0 Å². The average Bonchev–Trinajstić information content (AvgIpc) is 2.38. The van der Waals surface area contributed by atoms with Crippen LogP contribution in [0.15, 0.2) is 24.3 Å². The third-order valence-electron chi connectivity index (χ3n) is 2.93. The molecule has 1 aromatic rings. The SMILES string of the molecule is CCOc1ccc(C(=O)NC(C)C(C)CO)cc1. The van der Waals surface area contributed by atoms with Crippen LogP contribution in [-0.2, 0) is 0 Å². The van der Waals surface area contributed by atoms with E-state index in [1.807, 2.05) is 20.8 Å². The molecule has 100 valence electrons. The summed E-state index contributed by atoms with van der Waals surface area (Å²) in [5.41, 5.74) is 0.593. The number of rotatable bonds is 6. The number of ether oxygens (including phenoxy) is 1. The van der Waals surface area contributed by atoms with Crippen LogP contribution < -0.4 is 10.1 Å². The molecule has 1 aromatic carbocycles. The van der Waals surface area contributed by atoms with E-state index in [-0.39, 0.29) is 24.5 Å². The Balaban J connectivity index is 2.61. The quantitative estimate of drug-likeness (QED) is 0.811. The minimum atomic E-state index is -0.133. The monoisotopic (exact) mass is 251 g/mol. The van der Waals surface area contributed by atoms with Crippen molar-refractivity contribution >= 4 is 5.91 Å². The summed E-state index contributed by atoms with van der Waals surface area (Å²) < 4.78 is 5.31. The number of amides is 1. The van der Waals surface area contributed by atoms with Crippen molar-refractivity contribution < 1.29 is 14.6 Å². The number of hydrogen-bond donors (Lipinski definition) is 2. The Morgan fingerprint density at radius 2 is 1.94 bits per heavy atom. The van der Waals surface area contributed by atoms with Gasteiger partial charge in [0.05, 0.1) is 6.61 Å². The van der Waals surface area contributed by atoms with Crippen LogP contribution in [0.5, 0.6) is 5.75 Å². The van der Waals surface area contributed by atoms with Gasteiger partial charge in [0.1, 0.15) is 5.75 Å². The number of benzene rings is 1. The van der Waals surface area contributed by atoms with Crippen molar-refractivity contribution in [2.24, 2.45) is 5.92 Å². The number of carbonyl (C=O) groups excluding carboxylic acids is 1. The Bertz CT molecular complexity index is 375. The molecule has 18 heavy (non-hydrogen) atoms. The van der Waals surface area contributed by atoms with Crippen LogP contribution >= 0.6 is 0 Å². The number of nitrogens with one attached hydrogen (secondary N) is 1. The number of carbonyl (C=O) groups is 1. The lowest BCUT2D eigenvalue weighted by atomic mass is 10.0. The number of aliphatic hydroxyl groups excluding tert-OH is 1. The highest BCUT2D eigenvalue weighted by Crippen LogP contribution is 2.12. The Morgan fingerprint density at radius 3 is 2.44 bits per heavy atom. The summed E-state index contributed by atoms with van der Waals surface area (Å²) in [6.07, 6.45) is 0. The Kier molecular flexibility index (Phi) is 5.65. The van der Waals surface area contributed by atoms with Crippen LogP contribution in [0.2, 0.25) is 0 Å². The fraction of sp³-hybridized carbons (Fsp3) is 0.500. The van der Waals surface area contributed by atoms with Gasteiger partial charge >= 0.3 is 0 Å². The first kappa shape index (κ1) is 14.5. The first-order valence-electron chi connectivity index (χ1n) is 6.23. The van der Waals surface area contributed by atoms with E-state index in [4.69, 9.17) is 9.84 Å². The fourth-order valence-electron chi connectivity index (χ4n) is 1.46. The normalized spacial score (nSPS) is 13.8. The highest BCUT2D eigenvalue weighted by molar-refractivity contribution is 5.94. The van der Waals surface area contributed by atoms with Crippen LogP contribution in [0.1, 0.15) is 31.1 Å². The third kappa shape index (κ3) is 4.04. The minimum Gasteiger partial charge on any atom is -0.494 e. The molecule has 4 nitrogen and oxygen atoms in total. The van der Waals surface area contributed by atoms with Crippen molar-refractivity contribution in [2.45, 2.75) is 26.8 Å². The standard InChI is InChI=1S/C14H21NO3/c1-4-18-13-7-5-12(6-8-13)14(17)15-11(3)10(2)9-16/h5-8,10-11,16H,4,9H2,1-3H3,(H,15,17). The predicted molar refractivity (Wildman–Crippen MR) is 70.8 cm³/mol. The van der Waals surface area contributed by atoms with Gasteiger partial charge in [-0.05, 0) is 44.0 Å². The first-order chi connectivity index (χ1) is 8.58. The Morgan fingerprint density at radius 1 is 1.33 bits per heavy atom. The maximum Gasteiger partial charge on any atom is 0.251 e. The lowest BCUT2D eigenvalue weighted by Crippen LogP contribution is -2.38. The van der Waals surface area contributed by atoms with E-state index in [1.54, 1.807) is 24.3 Å². The lowest BCUT2D eigenvalue weighted by molar-refractivity contribution is 0.0916. The van der Waals surface area contributed by atoms with Crippen molar-refractivity contribution in [2.75, 3.05) is 13.2 Å². The molecule has 1 amide bonds. The van der Waals surface area contributed by atoms with Crippen LogP contribution in [0.25, 0.3) is 0 Å². The molecule has 2 unspecified atom stereocenters. The molecular formula is C14H21NO3. The second-order valence-electron chi connectivity index (χ2n) is 4.38. The summed E-state index contributed by atoms with van der Waals surface area (Å²) in [5.74, 6) is 0.660. The third-order valence-corrected chi connectivity index (χ3v) is 2.93. The van der Waals surface area contributed by atoms with Crippen LogP contribution in [0, 0.1) is 5.92 Å². The van der Waals surface area contributed by atoms with Crippen molar-refractivity contribution in [3.05, 3.63) is 29.8 Å². The summed E-state index contributed by atoms with van der Waals surface area (Å²) in [7, 11) is 0. The van der Waals surface area contributed by atoms with Gasteiger partial charge in [0.25, 0.3) is 5.91 Å². The molecule has 0 aliphatic carbocycles. The van der Waals surface area contributed by atoms with Crippen LogP contribution in [0.4, 0.5) is 0 Å². The Labute approximate surface area is 108 Å². The molecule has 2 N–H and O–H groups in total. The molecule has 2 atom stereocenters. The van der Waals surface area contributed by atoms with Gasteiger partial charge in [-0.3, -0.25) is 4.79 Å². The molecule has 0 saturated carbocycles. The van der Waals surface area contributed by atoms with E-state index in [2.05, 4.69) is 5.32 Å². The van der Waals surface area contributed by atoms with Gasteiger partial charge in [0.2, 0.25) is 0 Å². The topological polar surface area (TPSA) is 58.6 Å². The molecule has 1 rings (SSSR count). The van der Waals surface area contributed by atoms with Crippen molar-refractivity contribution in [1.29, 1.82) is 0 Å². The molecule has 0 saturated heterocycles. The molecule has 0 aliphatic rings. The summed E-state index contributed by atoms with van der Waals surface area (Å²) >= 11 is 0. The molecule has 0 fully saturated rings. The first-order valence-corrected chi connectivity index (χ1v) is 6.23. The molecule has 0 bridgehead atoms. The molecule has 0 aliphatic heterocycles. The lowest BCUT2D eigenvalue weighted by Gasteiger charge is -2.19. The summed E-state index contributed by atoms with van der Waals surface area (Å²) in [6.45, 7) is 6.36. The number of hydrogen-bond acceptors (Lipinski definition) is 3. The zero-order chi connectivity index (χ0) is 13.5. The van der Waals surface area contributed by atoms with Gasteiger partial charge in [-0.15, -0.1) is 0 Å². The molecule has 0 aromatic heterocycles. The molecule has 0 radical (unpaired) electrons. The van der Waals surface area contributed by atoms with E-state index in [0.717, 1.165) is 5.75 Å². The Hall–Kier alpha value is -1.55. The minimum absolute atomic E-state index is 0.0386. The van der Waals surface area contributed by atoms with Crippen molar-refractivity contribution in [3.63, 3.8) is 0 Å². The second-order valence-corrected chi connectivity index (χ2v) is 4.38. The number of aliphatic hydroxyl groups is 1. The maximum absolute atomic E-state index is 11.9. The summed E-state index contributed by atoms with van der Waals surface area (Å²) in [5, 5.41) is 11.9. The summed E-state index contributed by atoms with van der Waals surface area (Å²) in [4.78, 5) is 11.9. The van der Waals surface area contributed by atoms with E-state index >= 15 is 0 Å². The van der Waals surface area contributed by atoms with E-state index in [1.165, 1.54) is 0 Å². The summed E-state index contributed by atoms with van der Waals surface area (Å²) in [6, 6.07) is 6.96. The zero-order valence-electron chi connectivity index (χ0n) is 11.1. The van der Waals surface area contributed by atoms with Crippen LogP contribution in [-0.4, -0.2) is 30.3 Å². The molecule has 0 heterocycles. The van der Waals surface area contributed by atoms with Gasteiger partial charge in [-0.1, -0.05) is 6.92 Å². The van der Waals surface area contributed by atoms with Crippen LogP contribution in [0.3, 0.4) is 0 Å². The van der Waals surface area contributed by atoms with Gasteiger partial charge < -0.3 is 15.2 Å². The van der Waals surface area contributed by atoms with Gasteiger partial charge in [0.15, 0.2) is 0 Å². The average molecular weight is 251 g/mol.